The summed E-state index contributed by atoms with van der Waals surface area (Å²) in [6.45, 7) is 1.54. The van der Waals surface area contributed by atoms with E-state index in [9.17, 15) is 9.59 Å². The lowest BCUT2D eigenvalue weighted by atomic mass is 10.1. The van der Waals surface area contributed by atoms with Gasteiger partial charge >= 0.3 is 0 Å². The molecule has 1 aromatic carbocycles. The van der Waals surface area contributed by atoms with E-state index in [1.807, 2.05) is 12.1 Å². The molecule has 3 nitrogen and oxygen atoms in total. The molecule has 0 heterocycles. The average molecular weight is 337 g/mol. The fraction of sp³-hybridized carbons (Fsp3) is 0.455. The van der Waals surface area contributed by atoms with Gasteiger partial charge in [-0.25, -0.2) is 0 Å². The van der Waals surface area contributed by atoms with E-state index in [0.717, 1.165) is 44.2 Å². The topological polar surface area (TPSA) is 46.2 Å². The van der Waals surface area contributed by atoms with Crippen molar-refractivity contribution in [2.24, 2.45) is 17.8 Å². The number of rotatable bonds is 3. The van der Waals surface area contributed by atoms with Crippen LogP contribution in [-0.4, -0.2) is 11.7 Å². The number of hydrogen-bond acceptors (Lipinski definition) is 2. The number of nitrogens with one attached hydrogen (secondary N) is 1. The van der Waals surface area contributed by atoms with Crippen molar-refractivity contribution in [1.29, 1.82) is 0 Å². The van der Waals surface area contributed by atoms with E-state index in [1.165, 1.54) is 0 Å². The number of benzene rings is 1. The van der Waals surface area contributed by atoms with Crippen molar-refractivity contribution < 1.29 is 9.59 Å². The predicted molar refractivity (Wildman–Crippen MR) is 102 cm³/mol. The van der Waals surface area contributed by atoms with Gasteiger partial charge in [0.05, 0.1) is 0 Å². The highest BCUT2D eigenvalue weighted by atomic mass is 16.2. The van der Waals surface area contributed by atoms with Crippen LogP contribution in [0.5, 0.6) is 0 Å². The van der Waals surface area contributed by atoms with Gasteiger partial charge in [-0.05, 0) is 69.4 Å². The first-order valence-electron chi connectivity index (χ1n) is 9.38. The summed E-state index contributed by atoms with van der Waals surface area (Å²) in [5.74, 6) is 1.23. The first kappa shape index (κ1) is 17.7. The summed E-state index contributed by atoms with van der Waals surface area (Å²) >= 11 is 0. The average Bonchev–Trinajstić information content (AvgIpc) is 3.27. The molecule has 0 aromatic heterocycles. The van der Waals surface area contributed by atoms with E-state index >= 15 is 0 Å². The van der Waals surface area contributed by atoms with Crippen molar-refractivity contribution in [2.45, 2.75) is 45.4 Å². The Morgan fingerprint density at radius 1 is 0.920 bits per heavy atom. The summed E-state index contributed by atoms with van der Waals surface area (Å²) in [6, 6.07) is 7.21. The number of Topliss-reactive ketones (excluding diaryl/α,β-unsaturated/α-hetero) is 1. The molecule has 1 saturated carbocycles. The van der Waals surface area contributed by atoms with Crippen LogP contribution in [0.25, 0.3) is 0 Å². The van der Waals surface area contributed by atoms with Crippen LogP contribution in [0.1, 0.15) is 55.8 Å². The minimum Gasteiger partial charge on any atom is -0.326 e. The fourth-order valence-corrected chi connectivity index (χ4v) is 3.90. The molecule has 25 heavy (non-hydrogen) atoms. The van der Waals surface area contributed by atoms with Gasteiger partial charge in [0.2, 0.25) is 5.91 Å². The number of carbonyl (C=O) groups excluding carboxylic acids is 2. The molecule has 1 fully saturated rings. The third-order valence-electron chi connectivity index (χ3n) is 5.34. The van der Waals surface area contributed by atoms with Gasteiger partial charge in [-0.1, -0.05) is 36.4 Å². The second kappa shape index (κ2) is 8.28. The molecule has 3 heteroatoms. The lowest BCUT2D eigenvalue weighted by molar-refractivity contribution is -0.117. The highest BCUT2D eigenvalue weighted by molar-refractivity contribution is 5.98. The van der Waals surface area contributed by atoms with Crippen LogP contribution in [0.2, 0.25) is 0 Å². The summed E-state index contributed by atoms with van der Waals surface area (Å²) < 4.78 is 0. The molecule has 0 spiro atoms. The number of amides is 1. The van der Waals surface area contributed by atoms with Gasteiger partial charge in [0.1, 0.15) is 0 Å². The standard InChI is InChI=1S/C22H27NO2/c1-16(24)17-11-10-12-18(15-17)23-22(25)21-19-13-8-6-4-2-3-5-7-9-14-20(19)21/h4-7,10-12,15,19-21H,2-3,8-9,13-14H2,1H3,(H,23,25)/b6-4-,7-5+/t19-,20+,21?/m0/s1. The maximum Gasteiger partial charge on any atom is 0.228 e. The molecule has 3 rings (SSSR count). The van der Waals surface area contributed by atoms with Crippen LogP contribution in [-0.2, 0) is 4.79 Å². The van der Waals surface area contributed by atoms with Gasteiger partial charge in [0.25, 0.3) is 0 Å². The van der Waals surface area contributed by atoms with Crippen molar-refractivity contribution >= 4 is 17.4 Å². The van der Waals surface area contributed by atoms with Gasteiger partial charge in [-0.15, -0.1) is 0 Å². The molecular formula is C22H27NO2. The molecule has 132 valence electrons. The highest BCUT2D eigenvalue weighted by Crippen LogP contribution is 2.52. The highest BCUT2D eigenvalue weighted by Gasteiger charge is 2.52. The van der Waals surface area contributed by atoms with Crippen LogP contribution in [0.3, 0.4) is 0 Å². The molecular weight excluding hydrogens is 310 g/mol. The Morgan fingerprint density at radius 3 is 2.12 bits per heavy atom. The zero-order valence-electron chi connectivity index (χ0n) is 14.9. The lowest BCUT2D eigenvalue weighted by Crippen LogP contribution is -2.16. The minimum absolute atomic E-state index is 0.0161. The normalized spacial score (nSPS) is 28.6. The van der Waals surface area contributed by atoms with Gasteiger partial charge in [-0.2, -0.15) is 0 Å². The fourth-order valence-electron chi connectivity index (χ4n) is 3.90. The Morgan fingerprint density at radius 2 is 1.52 bits per heavy atom. The van der Waals surface area contributed by atoms with Crippen molar-refractivity contribution in [3.63, 3.8) is 0 Å². The Bertz CT molecular complexity index is 665. The maximum absolute atomic E-state index is 12.7. The number of hydrogen-bond donors (Lipinski definition) is 1. The number of anilines is 1. The Kier molecular flexibility index (Phi) is 5.85. The monoisotopic (exact) mass is 337 g/mol. The van der Waals surface area contributed by atoms with E-state index < -0.39 is 0 Å². The van der Waals surface area contributed by atoms with Gasteiger partial charge in [0, 0.05) is 17.2 Å². The second-order valence-electron chi connectivity index (χ2n) is 7.15. The third-order valence-corrected chi connectivity index (χ3v) is 5.34. The summed E-state index contributed by atoms with van der Waals surface area (Å²) in [5, 5.41) is 3.03. The van der Waals surface area contributed by atoms with Crippen LogP contribution >= 0.6 is 0 Å². The summed E-state index contributed by atoms with van der Waals surface area (Å²) in [7, 11) is 0. The molecule has 1 aromatic rings. The van der Waals surface area contributed by atoms with Crippen LogP contribution in [0, 0.1) is 17.8 Å². The summed E-state index contributed by atoms with van der Waals surface area (Å²) in [6.07, 6.45) is 15.6. The Labute approximate surface area is 150 Å². The van der Waals surface area contributed by atoms with Crippen LogP contribution < -0.4 is 5.32 Å². The van der Waals surface area contributed by atoms with Crippen molar-refractivity contribution in [3.05, 3.63) is 54.1 Å². The first-order chi connectivity index (χ1) is 12.2. The van der Waals surface area contributed by atoms with Gasteiger partial charge in [-0.3, -0.25) is 9.59 Å². The molecule has 3 atom stereocenters. The predicted octanol–water partition coefficient (Wildman–Crippen LogP) is 5.16. The molecule has 2 aliphatic carbocycles. The van der Waals surface area contributed by atoms with Crippen molar-refractivity contribution in [3.8, 4) is 0 Å². The molecule has 1 unspecified atom stereocenters. The molecule has 1 amide bonds. The SMILES string of the molecule is CC(=O)c1cccc(NC(=O)C2[C@H]3CC/C=C\CC/C=C/CC[C@@H]23)c1. The summed E-state index contributed by atoms with van der Waals surface area (Å²) in [4.78, 5) is 24.2. The first-order valence-corrected chi connectivity index (χ1v) is 9.38. The second-order valence-corrected chi connectivity index (χ2v) is 7.15. The van der Waals surface area contributed by atoms with Crippen LogP contribution in [0.4, 0.5) is 5.69 Å². The quantitative estimate of drug-likeness (QED) is 0.612. The number of fused-ring (bicyclic) bond motifs is 1. The largest absolute Gasteiger partial charge is 0.326 e. The van der Waals surface area contributed by atoms with E-state index in [-0.39, 0.29) is 17.6 Å². The zero-order valence-corrected chi connectivity index (χ0v) is 14.9. The van der Waals surface area contributed by atoms with E-state index in [4.69, 9.17) is 0 Å². The number of allylic oxidation sites excluding steroid dienone is 4. The van der Waals surface area contributed by atoms with Crippen molar-refractivity contribution in [2.75, 3.05) is 5.32 Å². The lowest BCUT2D eigenvalue weighted by Gasteiger charge is -2.06. The molecule has 2 aliphatic rings. The molecule has 0 aliphatic heterocycles. The van der Waals surface area contributed by atoms with Crippen LogP contribution in [0.15, 0.2) is 48.6 Å². The van der Waals surface area contributed by atoms with Gasteiger partial charge in [0.15, 0.2) is 5.78 Å². The molecule has 0 bridgehead atoms. The maximum atomic E-state index is 12.7. The molecule has 1 N–H and O–H groups in total. The number of carbonyl (C=O) groups is 2. The van der Waals surface area contributed by atoms with E-state index in [2.05, 4.69) is 29.6 Å². The van der Waals surface area contributed by atoms with Crippen molar-refractivity contribution in [1.82, 2.24) is 0 Å². The van der Waals surface area contributed by atoms with E-state index in [0.29, 0.717) is 17.4 Å². The Hall–Kier alpha value is -2.16. The minimum atomic E-state index is 0.0161. The Balaban J connectivity index is 1.63. The smallest absolute Gasteiger partial charge is 0.228 e. The number of ketones is 1. The molecule has 0 radical (unpaired) electrons. The summed E-state index contributed by atoms with van der Waals surface area (Å²) in [5.41, 5.74) is 1.36. The zero-order chi connectivity index (χ0) is 17.6. The molecule has 0 saturated heterocycles. The third kappa shape index (κ3) is 4.68. The van der Waals surface area contributed by atoms with Gasteiger partial charge < -0.3 is 5.32 Å². The van der Waals surface area contributed by atoms with E-state index in [1.54, 1.807) is 19.1 Å².